The number of hydrogen-bond acceptors (Lipinski definition) is 14. The van der Waals surface area contributed by atoms with Crippen LogP contribution in [0, 0.1) is 11.8 Å². The minimum absolute atomic E-state index is 0.191. The van der Waals surface area contributed by atoms with E-state index in [-0.39, 0.29) is 17.9 Å². The third kappa shape index (κ3) is 5.19. The second-order valence-corrected chi connectivity index (χ2v) is 10.0. The molecule has 0 unspecified atom stereocenters. The summed E-state index contributed by atoms with van der Waals surface area (Å²) in [5, 5.41) is 40.2. The van der Waals surface area contributed by atoms with Crippen molar-refractivity contribution in [3.05, 3.63) is 42.2 Å². The summed E-state index contributed by atoms with van der Waals surface area (Å²) in [7, 11) is 0. The molecule has 3 heterocycles. The smallest absolute Gasteiger partial charge is 0.338 e. The number of rotatable bonds is 8. The van der Waals surface area contributed by atoms with Gasteiger partial charge in [0.1, 0.15) is 54.6 Å². The molecular formula is C26H30O14. The zero-order valence-corrected chi connectivity index (χ0v) is 21.5. The number of ether oxygens (including phenoxy) is 7. The van der Waals surface area contributed by atoms with Crippen LogP contribution in [-0.2, 0) is 38.0 Å². The van der Waals surface area contributed by atoms with Gasteiger partial charge in [0.25, 0.3) is 0 Å². The van der Waals surface area contributed by atoms with E-state index in [9.17, 15) is 34.8 Å². The van der Waals surface area contributed by atoms with Gasteiger partial charge in [0.05, 0.1) is 24.4 Å². The second-order valence-electron chi connectivity index (χ2n) is 10.0. The third-order valence-electron chi connectivity index (χ3n) is 7.45. The van der Waals surface area contributed by atoms with Gasteiger partial charge in [-0.2, -0.15) is 0 Å². The summed E-state index contributed by atoms with van der Waals surface area (Å²) < 4.78 is 39.1. The zero-order chi connectivity index (χ0) is 28.8. The van der Waals surface area contributed by atoms with Gasteiger partial charge in [0, 0.05) is 19.8 Å². The van der Waals surface area contributed by atoms with E-state index in [1.807, 2.05) is 0 Å². The maximum absolute atomic E-state index is 13.0. The number of epoxide rings is 1. The van der Waals surface area contributed by atoms with Gasteiger partial charge >= 0.3 is 17.9 Å². The lowest BCUT2D eigenvalue weighted by Crippen LogP contribution is -2.60. The average Bonchev–Trinajstić information content (AvgIpc) is 3.59. The number of fused-ring (bicyclic) bond motifs is 3. The number of esters is 3. The molecule has 4 N–H and O–H groups in total. The molecule has 0 bridgehead atoms. The molecule has 0 amide bonds. The normalized spacial score (nSPS) is 39.4. The first-order valence-electron chi connectivity index (χ1n) is 12.6. The maximum Gasteiger partial charge on any atom is 0.338 e. The molecule has 0 spiro atoms. The fourth-order valence-corrected chi connectivity index (χ4v) is 5.50. The van der Waals surface area contributed by atoms with Crippen LogP contribution >= 0.6 is 0 Å². The second kappa shape index (κ2) is 11.0. The molecule has 0 radical (unpaired) electrons. The largest absolute Gasteiger partial charge is 0.472 e. The average molecular weight is 567 g/mol. The monoisotopic (exact) mass is 566 g/mol. The minimum Gasteiger partial charge on any atom is -0.472 e. The zero-order valence-electron chi connectivity index (χ0n) is 21.5. The minimum atomic E-state index is -1.68. The number of carbonyl (C=O) groups is 3. The lowest BCUT2D eigenvalue weighted by atomic mass is 9.85. The Bertz CT molecular complexity index is 1150. The van der Waals surface area contributed by atoms with Crippen molar-refractivity contribution in [2.75, 3.05) is 13.2 Å². The highest BCUT2D eigenvalue weighted by Gasteiger charge is 2.78. The van der Waals surface area contributed by atoms with Crippen LogP contribution in [0.25, 0.3) is 0 Å². The van der Waals surface area contributed by atoms with Crippen molar-refractivity contribution >= 4 is 17.9 Å². The van der Waals surface area contributed by atoms with Crippen molar-refractivity contribution in [3.63, 3.8) is 0 Å². The van der Waals surface area contributed by atoms with E-state index in [0.29, 0.717) is 0 Å². The van der Waals surface area contributed by atoms with Crippen molar-refractivity contribution in [2.45, 2.75) is 68.7 Å². The fourth-order valence-electron chi connectivity index (χ4n) is 5.50. The van der Waals surface area contributed by atoms with Crippen molar-refractivity contribution in [3.8, 4) is 5.75 Å². The van der Waals surface area contributed by atoms with Crippen LogP contribution in [0.5, 0.6) is 5.75 Å². The molecule has 3 fully saturated rings. The van der Waals surface area contributed by atoms with Gasteiger partial charge in [0.15, 0.2) is 6.29 Å². The SMILES string of the molecule is CC(=O)OC[C@@]12O[C@H]1[C@@H](OC(=O)c1ccc(OC(C)=O)cc1)[C@@H]1C=CO[C@H](O[C@@H]3O[C@H](CO)[C@@H](O)[C@H](O)[C@H]3O)[C@H]12. The van der Waals surface area contributed by atoms with E-state index in [1.54, 1.807) is 6.08 Å². The first-order chi connectivity index (χ1) is 19.1. The molecular weight excluding hydrogens is 536 g/mol. The Morgan fingerprint density at radius 1 is 0.975 bits per heavy atom. The van der Waals surface area contributed by atoms with Crippen LogP contribution in [0.1, 0.15) is 24.2 Å². The number of benzene rings is 1. The van der Waals surface area contributed by atoms with E-state index in [1.165, 1.54) is 44.4 Å². The summed E-state index contributed by atoms with van der Waals surface area (Å²) in [5.74, 6) is -2.75. The molecule has 1 aliphatic carbocycles. The molecule has 4 aliphatic rings. The van der Waals surface area contributed by atoms with Crippen LogP contribution in [0.2, 0.25) is 0 Å². The summed E-state index contributed by atoms with van der Waals surface area (Å²) >= 11 is 0. The molecule has 5 rings (SSSR count). The first kappa shape index (κ1) is 28.4. The Morgan fingerprint density at radius 3 is 2.35 bits per heavy atom. The third-order valence-corrected chi connectivity index (χ3v) is 7.45. The van der Waals surface area contributed by atoms with E-state index < -0.39 is 91.2 Å². The number of carbonyl (C=O) groups excluding carboxylic acids is 3. The lowest BCUT2D eigenvalue weighted by molar-refractivity contribution is -0.344. The van der Waals surface area contributed by atoms with Crippen LogP contribution in [0.3, 0.4) is 0 Å². The predicted molar refractivity (Wildman–Crippen MR) is 127 cm³/mol. The molecule has 40 heavy (non-hydrogen) atoms. The predicted octanol–water partition coefficient (Wildman–Crippen LogP) is -1.23. The van der Waals surface area contributed by atoms with Gasteiger partial charge in [-0.3, -0.25) is 9.59 Å². The van der Waals surface area contributed by atoms with Gasteiger partial charge in [-0.05, 0) is 30.3 Å². The molecule has 2 saturated heterocycles. The molecule has 14 heteroatoms. The number of aliphatic hydroxyl groups excluding tert-OH is 4. The topological polar surface area (TPSA) is 200 Å². The van der Waals surface area contributed by atoms with Gasteiger partial charge in [0.2, 0.25) is 6.29 Å². The summed E-state index contributed by atoms with van der Waals surface area (Å²) in [6, 6.07) is 5.79. The molecule has 14 nitrogen and oxygen atoms in total. The molecule has 1 aromatic rings. The van der Waals surface area contributed by atoms with Crippen molar-refractivity contribution in [1.82, 2.24) is 0 Å². The number of hydrogen-bond donors (Lipinski definition) is 4. The van der Waals surface area contributed by atoms with Crippen molar-refractivity contribution in [2.24, 2.45) is 11.8 Å². The van der Waals surface area contributed by atoms with Crippen LogP contribution in [0.15, 0.2) is 36.6 Å². The summed E-state index contributed by atoms with van der Waals surface area (Å²) in [6.45, 7) is 1.64. The van der Waals surface area contributed by atoms with Gasteiger partial charge in [-0.1, -0.05) is 0 Å². The highest BCUT2D eigenvalue weighted by Crippen LogP contribution is 2.61. The first-order valence-corrected chi connectivity index (χ1v) is 12.6. The lowest BCUT2D eigenvalue weighted by Gasteiger charge is -2.43. The molecule has 0 aromatic heterocycles. The van der Waals surface area contributed by atoms with E-state index in [4.69, 9.17) is 33.2 Å². The summed E-state index contributed by atoms with van der Waals surface area (Å²) in [5.41, 5.74) is -0.972. The fraction of sp³-hybridized carbons (Fsp3) is 0.577. The van der Waals surface area contributed by atoms with Crippen molar-refractivity contribution < 1.29 is 68.0 Å². The maximum atomic E-state index is 13.0. The summed E-state index contributed by atoms with van der Waals surface area (Å²) in [6.07, 6.45) is -7.39. The highest BCUT2D eigenvalue weighted by molar-refractivity contribution is 5.89. The van der Waals surface area contributed by atoms with E-state index >= 15 is 0 Å². The number of aliphatic hydroxyl groups is 4. The Hall–Kier alpha value is -3.11. The molecule has 1 aromatic carbocycles. The molecule has 3 aliphatic heterocycles. The van der Waals surface area contributed by atoms with Crippen molar-refractivity contribution in [1.29, 1.82) is 0 Å². The standard InChI is InChI=1S/C26H30O14/c1-11(28)35-10-26-17-15(7-8-34-24(17)39-25-20(32)19(31)18(30)16(9-27)37-25)21(22(26)40-26)38-23(33)13-3-5-14(6-4-13)36-12(2)29/h3-8,15-22,24-25,27,30-32H,9-10H2,1-2H3/t15-,16-,17+,18-,19+,20-,21+,22+,24-,25+,26+/m1/s1. The van der Waals surface area contributed by atoms with E-state index in [0.717, 1.165) is 0 Å². The molecule has 1 saturated carbocycles. The molecule has 11 atom stereocenters. The van der Waals surface area contributed by atoms with E-state index in [2.05, 4.69) is 0 Å². The van der Waals surface area contributed by atoms with Crippen LogP contribution < -0.4 is 4.74 Å². The van der Waals surface area contributed by atoms with Gasteiger partial charge in [-0.25, -0.2) is 4.79 Å². The van der Waals surface area contributed by atoms with Crippen LogP contribution in [0.4, 0.5) is 0 Å². The Morgan fingerprint density at radius 2 is 1.70 bits per heavy atom. The highest BCUT2D eigenvalue weighted by atomic mass is 16.8. The molecule has 218 valence electrons. The Labute approximate surface area is 227 Å². The Kier molecular flexibility index (Phi) is 7.85. The van der Waals surface area contributed by atoms with Gasteiger partial charge in [-0.15, -0.1) is 0 Å². The van der Waals surface area contributed by atoms with Crippen LogP contribution in [-0.4, -0.2) is 106 Å². The van der Waals surface area contributed by atoms with Gasteiger partial charge < -0.3 is 53.6 Å². The summed E-state index contributed by atoms with van der Waals surface area (Å²) in [4.78, 5) is 35.8. The quantitative estimate of drug-likeness (QED) is 0.166. The Balaban J connectivity index is 1.36.